The molecule has 31 heavy (non-hydrogen) atoms. The second kappa shape index (κ2) is 8.36. The van der Waals surface area contributed by atoms with Gasteiger partial charge >= 0.3 is 6.09 Å². The number of carbonyl (C=O) groups is 2. The van der Waals surface area contributed by atoms with Crippen LogP contribution in [0.3, 0.4) is 0 Å². The molecule has 0 aromatic heterocycles. The van der Waals surface area contributed by atoms with Crippen molar-refractivity contribution in [3.05, 3.63) is 95.6 Å². The Balaban J connectivity index is 1.26. The van der Waals surface area contributed by atoms with Crippen molar-refractivity contribution in [3.63, 3.8) is 0 Å². The van der Waals surface area contributed by atoms with Gasteiger partial charge in [0.15, 0.2) is 5.78 Å². The third-order valence-corrected chi connectivity index (χ3v) is 6.01. The Bertz CT molecular complexity index is 1070. The van der Waals surface area contributed by atoms with Crippen LogP contribution in [0.2, 0.25) is 0 Å². The van der Waals surface area contributed by atoms with Gasteiger partial charge in [-0.15, -0.1) is 0 Å². The number of morpholine rings is 1. The number of Topliss-reactive ketones (excluding diaryl/α,β-unsaturated/α-hetero) is 1. The number of fused-ring (bicyclic) bond motifs is 3. The van der Waals surface area contributed by atoms with Gasteiger partial charge in [-0.25, -0.2) is 4.79 Å². The molecule has 3 aromatic carbocycles. The van der Waals surface area contributed by atoms with Crippen molar-refractivity contribution in [2.24, 2.45) is 0 Å². The number of amides is 1. The number of rotatable bonds is 4. The molecule has 0 N–H and O–H groups in total. The predicted molar refractivity (Wildman–Crippen MR) is 117 cm³/mol. The molecule has 5 heteroatoms. The smallest absolute Gasteiger partial charge is 0.409 e. The van der Waals surface area contributed by atoms with E-state index >= 15 is 0 Å². The fraction of sp³-hybridized carbons (Fsp3) is 0.231. The highest BCUT2D eigenvalue weighted by Crippen LogP contribution is 2.44. The van der Waals surface area contributed by atoms with Crippen LogP contribution in [0, 0.1) is 0 Å². The van der Waals surface area contributed by atoms with Gasteiger partial charge in [-0.05, 0) is 22.3 Å². The van der Waals surface area contributed by atoms with Crippen LogP contribution in [0.4, 0.5) is 4.79 Å². The van der Waals surface area contributed by atoms with Gasteiger partial charge < -0.3 is 14.4 Å². The molecule has 1 aliphatic heterocycles. The molecular weight excluding hydrogens is 390 g/mol. The van der Waals surface area contributed by atoms with Gasteiger partial charge in [-0.3, -0.25) is 4.79 Å². The van der Waals surface area contributed by atoms with Crippen molar-refractivity contribution in [3.8, 4) is 11.1 Å². The minimum atomic E-state index is -0.670. The SMILES string of the molecule is O=C(c1ccccc1)C1CN(C(=O)OCC2c3ccccc3-c3ccccc32)CCO1. The molecule has 1 aliphatic carbocycles. The second-order valence-electron chi connectivity index (χ2n) is 7.84. The van der Waals surface area contributed by atoms with Crippen LogP contribution >= 0.6 is 0 Å². The van der Waals surface area contributed by atoms with E-state index in [0.717, 1.165) is 0 Å². The fourth-order valence-corrected chi connectivity index (χ4v) is 4.45. The summed E-state index contributed by atoms with van der Waals surface area (Å²) in [6, 6.07) is 25.5. The molecule has 5 nitrogen and oxygen atoms in total. The van der Waals surface area contributed by atoms with Crippen LogP contribution < -0.4 is 0 Å². The number of hydrogen-bond donors (Lipinski definition) is 0. The lowest BCUT2D eigenvalue weighted by molar-refractivity contribution is -0.0166. The summed E-state index contributed by atoms with van der Waals surface area (Å²) in [5.74, 6) is -0.101. The third-order valence-electron chi connectivity index (χ3n) is 6.01. The maximum absolute atomic E-state index is 12.8. The molecule has 5 rings (SSSR count). The molecule has 1 heterocycles. The van der Waals surface area contributed by atoms with E-state index in [-0.39, 0.29) is 24.9 Å². The number of ketones is 1. The van der Waals surface area contributed by atoms with Gasteiger partial charge in [0, 0.05) is 18.0 Å². The summed E-state index contributed by atoms with van der Waals surface area (Å²) in [6.07, 6.45) is -1.08. The lowest BCUT2D eigenvalue weighted by atomic mass is 9.98. The third kappa shape index (κ3) is 3.73. The first kappa shape index (κ1) is 19.5. The first-order valence-corrected chi connectivity index (χ1v) is 10.5. The molecule has 1 unspecified atom stereocenters. The number of ether oxygens (including phenoxy) is 2. The monoisotopic (exact) mass is 413 g/mol. The second-order valence-corrected chi connectivity index (χ2v) is 7.84. The Labute approximate surface area is 181 Å². The molecule has 1 fully saturated rings. The van der Waals surface area contributed by atoms with Crippen LogP contribution in [0.5, 0.6) is 0 Å². The highest BCUT2D eigenvalue weighted by Gasteiger charge is 2.33. The lowest BCUT2D eigenvalue weighted by Crippen LogP contribution is -2.48. The van der Waals surface area contributed by atoms with Gasteiger partial charge in [0.2, 0.25) is 0 Å². The van der Waals surface area contributed by atoms with Crippen molar-refractivity contribution in [1.29, 1.82) is 0 Å². The van der Waals surface area contributed by atoms with Crippen LogP contribution in [0.1, 0.15) is 27.4 Å². The van der Waals surface area contributed by atoms with Gasteiger partial charge in [0.1, 0.15) is 12.7 Å². The van der Waals surface area contributed by atoms with Crippen molar-refractivity contribution in [2.75, 3.05) is 26.3 Å². The number of carbonyl (C=O) groups excluding carboxylic acids is 2. The molecule has 0 radical (unpaired) electrons. The highest BCUT2D eigenvalue weighted by molar-refractivity contribution is 5.99. The Morgan fingerprint density at radius 2 is 1.48 bits per heavy atom. The standard InChI is InChI=1S/C26H23NO4/c28-25(18-8-2-1-3-9-18)24-16-27(14-15-30-24)26(29)31-17-23-21-12-6-4-10-19(21)20-11-5-7-13-22(20)23/h1-13,23-24H,14-17H2. The van der Waals surface area contributed by atoms with Crippen LogP contribution in [-0.4, -0.2) is 49.2 Å². The summed E-state index contributed by atoms with van der Waals surface area (Å²) in [5, 5.41) is 0. The molecule has 2 aliphatic rings. The molecule has 0 saturated carbocycles. The molecule has 1 saturated heterocycles. The normalized spacial score (nSPS) is 17.7. The van der Waals surface area contributed by atoms with E-state index in [1.165, 1.54) is 22.3 Å². The Morgan fingerprint density at radius 1 is 0.871 bits per heavy atom. The van der Waals surface area contributed by atoms with E-state index in [9.17, 15) is 9.59 Å². The first-order chi connectivity index (χ1) is 15.2. The van der Waals surface area contributed by atoms with E-state index in [2.05, 4.69) is 24.3 Å². The number of nitrogens with zero attached hydrogens (tertiary/aromatic N) is 1. The van der Waals surface area contributed by atoms with Crippen molar-refractivity contribution in [1.82, 2.24) is 4.90 Å². The zero-order valence-corrected chi connectivity index (χ0v) is 17.1. The predicted octanol–water partition coefficient (Wildman–Crippen LogP) is 4.52. The molecule has 0 bridgehead atoms. The lowest BCUT2D eigenvalue weighted by Gasteiger charge is -2.31. The molecule has 1 amide bonds. The summed E-state index contributed by atoms with van der Waals surface area (Å²) in [5.41, 5.74) is 5.33. The summed E-state index contributed by atoms with van der Waals surface area (Å²) < 4.78 is 11.4. The summed E-state index contributed by atoms with van der Waals surface area (Å²) in [7, 11) is 0. The van der Waals surface area contributed by atoms with Crippen LogP contribution in [0.15, 0.2) is 78.9 Å². The summed E-state index contributed by atoms with van der Waals surface area (Å²) in [4.78, 5) is 27.1. The molecule has 1 atom stereocenters. The number of benzene rings is 3. The van der Waals surface area contributed by atoms with Crippen LogP contribution in [-0.2, 0) is 9.47 Å². The van der Waals surface area contributed by atoms with E-state index in [4.69, 9.17) is 9.47 Å². The van der Waals surface area contributed by atoms with Gasteiger partial charge in [-0.1, -0.05) is 78.9 Å². The average molecular weight is 413 g/mol. The Hall–Kier alpha value is -3.44. The van der Waals surface area contributed by atoms with Crippen molar-refractivity contribution in [2.45, 2.75) is 12.0 Å². The minimum Gasteiger partial charge on any atom is -0.448 e. The van der Waals surface area contributed by atoms with Gasteiger partial charge in [0.25, 0.3) is 0 Å². The van der Waals surface area contributed by atoms with Crippen molar-refractivity contribution < 1.29 is 19.1 Å². The summed E-state index contributed by atoms with van der Waals surface area (Å²) >= 11 is 0. The van der Waals surface area contributed by atoms with E-state index in [0.29, 0.717) is 18.7 Å². The Kier molecular flexibility index (Phi) is 5.26. The van der Waals surface area contributed by atoms with E-state index in [1.807, 2.05) is 42.5 Å². The van der Waals surface area contributed by atoms with E-state index < -0.39 is 12.2 Å². The van der Waals surface area contributed by atoms with Crippen molar-refractivity contribution >= 4 is 11.9 Å². The fourth-order valence-electron chi connectivity index (χ4n) is 4.45. The summed E-state index contributed by atoms with van der Waals surface area (Å²) in [6.45, 7) is 1.19. The average Bonchev–Trinajstić information content (AvgIpc) is 3.16. The molecule has 0 spiro atoms. The quantitative estimate of drug-likeness (QED) is 0.590. The maximum atomic E-state index is 12.8. The zero-order chi connectivity index (χ0) is 21.2. The van der Waals surface area contributed by atoms with Gasteiger partial charge in [-0.2, -0.15) is 0 Å². The topological polar surface area (TPSA) is 55.8 Å². The maximum Gasteiger partial charge on any atom is 0.409 e. The Morgan fingerprint density at radius 3 is 2.16 bits per heavy atom. The zero-order valence-electron chi connectivity index (χ0n) is 17.1. The molecular formula is C26H23NO4. The highest BCUT2D eigenvalue weighted by atomic mass is 16.6. The van der Waals surface area contributed by atoms with Gasteiger partial charge in [0.05, 0.1) is 13.2 Å². The number of hydrogen-bond acceptors (Lipinski definition) is 4. The van der Waals surface area contributed by atoms with E-state index in [1.54, 1.807) is 17.0 Å². The molecule has 156 valence electrons. The molecule has 3 aromatic rings. The first-order valence-electron chi connectivity index (χ1n) is 10.5. The van der Waals surface area contributed by atoms with Crippen LogP contribution in [0.25, 0.3) is 11.1 Å². The largest absolute Gasteiger partial charge is 0.448 e. The minimum absolute atomic E-state index is 0.0131.